The lowest BCUT2D eigenvalue weighted by molar-refractivity contribution is -0.153. The minimum atomic E-state index is -0.899. The molecule has 2 aromatic carbocycles. The zero-order chi connectivity index (χ0) is 22.4. The van der Waals surface area contributed by atoms with Gasteiger partial charge in [-0.3, -0.25) is 9.59 Å². The van der Waals surface area contributed by atoms with Crippen LogP contribution in [0.2, 0.25) is 0 Å². The molecule has 1 amide bonds. The van der Waals surface area contributed by atoms with Gasteiger partial charge >= 0.3 is 11.7 Å². The highest BCUT2D eigenvalue weighted by Crippen LogP contribution is 2.15. The zero-order valence-electron chi connectivity index (χ0n) is 16.6. The van der Waals surface area contributed by atoms with E-state index in [9.17, 15) is 23.2 Å². The summed E-state index contributed by atoms with van der Waals surface area (Å²) >= 11 is 0. The molecule has 0 radical (unpaired) electrons. The molecule has 0 aliphatic rings. The van der Waals surface area contributed by atoms with E-state index in [1.165, 1.54) is 41.3 Å². The number of carbonyl (C=O) groups is 2. The zero-order valence-corrected chi connectivity index (χ0v) is 16.6. The van der Waals surface area contributed by atoms with Gasteiger partial charge in [0.05, 0.1) is 0 Å². The van der Waals surface area contributed by atoms with E-state index in [4.69, 9.17) is 9.15 Å². The number of benzene rings is 2. The van der Waals surface area contributed by atoms with Gasteiger partial charge in [0.25, 0.3) is 5.91 Å². The van der Waals surface area contributed by atoms with Crippen LogP contribution in [-0.4, -0.2) is 39.7 Å². The van der Waals surface area contributed by atoms with Gasteiger partial charge in [0.1, 0.15) is 18.2 Å². The van der Waals surface area contributed by atoms with Crippen LogP contribution >= 0.6 is 0 Å². The topological polar surface area (TPSA) is 94.6 Å². The molecular weight excluding hydrogens is 412 g/mol. The summed E-state index contributed by atoms with van der Waals surface area (Å²) in [6.45, 7) is 1.13. The normalized spacial score (nSPS) is 10.7. The van der Waals surface area contributed by atoms with Crippen molar-refractivity contribution in [3.63, 3.8) is 0 Å². The second-order valence-electron chi connectivity index (χ2n) is 6.54. The predicted molar refractivity (Wildman–Crippen MR) is 105 cm³/mol. The molecule has 0 aliphatic carbocycles. The van der Waals surface area contributed by atoms with Crippen molar-refractivity contribution in [2.75, 3.05) is 13.2 Å². The van der Waals surface area contributed by atoms with Gasteiger partial charge in [-0.1, -0.05) is 12.1 Å². The molecular formula is C21H19F2N3O5. The van der Waals surface area contributed by atoms with E-state index < -0.39 is 42.4 Å². The summed E-state index contributed by atoms with van der Waals surface area (Å²) in [4.78, 5) is 37.7. The van der Waals surface area contributed by atoms with Crippen molar-refractivity contribution in [1.82, 2.24) is 14.7 Å². The van der Waals surface area contributed by atoms with Crippen LogP contribution in [0.5, 0.6) is 0 Å². The van der Waals surface area contributed by atoms with E-state index in [0.29, 0.717) is 17.7 Å². The summed E-state index contributed by atoms with van der Waals surface area (Å²) in [6.07, 6.45) is 0. The number of esters is 1. The SMILES string of the molecule is CCN(Cc1cccc(F)c1)C(=O)COC(=O)Cn1nc(-c2ccc(F)cc2)oc1=O. The van der Waals surface area contributed by atoms with Crippen molar-refractivity contribution in [3.8, 4) is 11.5 Å². The fraction of sp³-hybridized carbons (Fsp3) is 0.238. The highest BCUT2D eigenvalue weighted by molar-refractivity contribution is 5.80. The molecule has 31 heavy (non-hydrogen) atoms. The van der Waals surface area contributed by atoms with Gasteiger partial charge in [-0.05, 0) is 48.9 Å². The third-order valence-corrected chi connectivity index (χ3v) is 4.33. The number of carbonyl (C=O) groups excluding carboxylic acids is 2. The lowest BCUT2D eigenvalue weighted by Crippen LogP contribution is -2.35. The average Bonchev–Trinajstić information content (AvgIpc) is 3.11. The van der Waals surface area contributed by atoms with Crippen LogP contribution in [0.1, 0.15) is 12.5 Å². The van der Waals surface area contributed by atoms with Crippen molar-refractivity contribution in [3.05, 3.63) is 76.3 Å². The van der Waals surface area contributed by atoms with Gasteiger partial charge in [-0.15, -0.1) is 5.10 Å². The molecule has 1 heterocycles. The first-order valence-corrected chi connectivity index (χ1v) is 9.37. The molecule has 3 aromatic rings. The molecule has 3 rings (SSSR count). The minimum absolute atomic E-state index is 0.0823. The highest BCUT2D eigenvalue weighted by Gasteiger charge is 2.18. The van der Waals surface area contributed by atoms with Gasteiger partial charge in [0.2, 0.25) is 5.89 Å². The Morgan fingerprint density at radius 2 is 1.87 bits per heavy atom. The number of hydrogen-bond donors (Lipinski definition) is 0. The Bertz CT molecular complexity index is 1120. The second-order valence-corrected chi connectivity index (χ2v) is 6.54. The Labute approximate surface area is 175 Å². The molecule has 0 saturated carbocycles. The van der Waals surface area contributed by atoms with Crippen molar-refractivity contribution < 1.29 is 27.5 Å². The molecule has 0 atom stereocenters. The largest absolute Gasteiger partial charge is 0.454 e. The van der Waals surface area contributed by atoms with Crippen LogP contribution < -0.4 is 5.76 Å². The van der Waals surface area contributed by atoms with Crippen LogP contribution in [-0.2, 0) is 27.4 Å². The van der Waals surface area contributed by atoms with Gasteiger partial charge in [-0.2, -0.15) is 4.68 Å². The molecule has 1 aromatic heterocycles. The van der Waals surface area contributed by atoms with Crippen LogP contribution in [0.3, 0.4) is 0 Å². The van der Waals surface area contributed by atoms with Gasteiger partial charge in [0, 0.05) is 18.7 Å². The molecule has 0 bridgehead atoms. The average molecular weight is 431 g/mol. The smallest absolute Gasteiger partial charge is 0.437 e. The van der Waals surface area contributed by atoms with Gasteiger partial charge in [-0.25, -0.2) is 13.6 Å². The maximum absolute atomic E-state index is 13.3. The number of likely N-dealkylation sites (N-methyl/N-ethyl adjacent to an activating group) is 1. The quantitative estimate of drug-likeness (QED) is 0.509. The van der Waals surface area contributed by atoms with Crippen LogP contribution in [0.15, 0.2) is 57.7 Å². The van der Waals surface area contributed by atoms with Gasteiger partial charge < -0.3 is 14.1 Å². The Morgan fingerprint density at radius 3 is 2.55 bits per heavy atom. The standard InChI is InChI=1S/C21H19F2N3O5/c1-2-25(11-14-4-3-5-17(23)10-14)18(27)13-30-19(28)12-26-21(29)31-20(24-26)15-6-8-16(22)9-7-15/h3-10H,2,11-13H2,1H3. The number of aromatic nitrogens is 2. The monoisotopic (exact) mass is 431 g/mol. The summed E-state index contributed by atoms with van der Waals surface area (Å²) in [7, 11) is 0. The summed E-state index contributed by atoms with van der Waals surface area (Å²) < 4.78 is 37.0. The Morgan fingerprint density at radius 1 is 1.13 bits per heavy atom. The predicted octanol–water partition coefficient (Wildman–Crippen LogP) is 2.37. The number of nitrogens with zero attached hydrogens (tertiary/aromatic N) is 3. The van der Waals surface area contributed by atoms with E-state index in [1.54, 1.807) is 19.1 Å². The van der Waals surface area contributed by atoms with Crippen LogP contribution in [0, 0.1) is 11.6 Å². The minimum Gasteiger partial charge on any atom is -0.454 e. The van der Waals surface area contributed by atoms with Crippen LogP contribution in [0.25, 0.3) is 11.5 Å². The maximum Gasteiger partial charge on any atom is 0.437 e. The third-order valence-electron chi connectivity index (χ3n) is 4.33. The van der Waals surface area contributed by atoms with Crippen molar-refractivity contribution in [2.24, 2.45) is 0 Å². The first-order valence-electron chi connectivity index (χ1n) is 9.37. The van der Waals surface area contributed by atoms with E-state index in [1.807, 2.05) is 0 Å². The Hall–Kier alpha value is -3.82. The molecule has 10 heteroatoms. The molecule has 0 unspecified atom stereocenters. The number of ether oxygens (including phenoxy) is 1. The van der Waals surface area contributed by atoms with Crippen molar-refractivity contribution in [1.29, 1.82) is 0 Å². The first-order chi connectivity index (χ1) is 14.9. The Balaban J connectivity index is 1.56. The second kappa shape index (κ2) is 9.79. The molecule has 8 nitrogen and oxygen atoms in total. The van der Waals surface area contributed by atoms with Crippen molar-refractivity contribution >= 4 is 11.9 Å². The molecule has 0 fully saturated rings. The maximum atomic E-state index is 13.3. The number of hydrogen-bond acceptors (Lipinski definition) is 6. The van der Waals surface area contributed by atoms with E-state index in [2.05, 4.69) is 5.10 Å². The highest BCUT2D eigenvalue weighted by atomic mass is 19.1. The lowest BCUT2D eigenvalue weighted by Gasteiger charge is -2.20. The molecule has 162 valence electrons. The lowest BCUT2D eigenvalue weighted by atomic mass is 10.2. The molecule has 0 saturated heterocycles. The molecule has 0 spiro atoms. The number of rotatable bonds is 8. The third kappa shape index (κ3) is 5.84. The summed E-state index contributed by atoms with van der Waals surface area (Å²) in [5.74, 6) is -3.19. The molecule has 0 N–H and O–H groups in total. The number of amides is 1. The van der Waals surface area contributed by atoms with Crippen molar-refractivity contribution in [2.45, 2.75) is 20.0 Å². The summed E-state index contributed by atoms with van der Waals surface area (Å²) in [5.41, 5.74) is 0.959. The first kappa shape index (κ1) is 21.9. The number of halogens is 2. The van der Waals surface area contributed by atoms with E-state index in [0.717, 1.165) is 4.68 Å². The van der Waals surface area contributed by atoms with Crippen LogP contribution in [0.4, 0.5) is 8.78 Å². The Kier molecular flexibility index (Phi) is 6.91. The molecule has 0 aliphatic heterocycles. The van der Waals surface area contributed by atoms with E-state index in [-0.39, 0.29) is 12.4 Å². The van der Waals surface area contributed by atoms with E-state index >= 15 is 0 Å². The summed E-state index contributed by atoms with van der Waals surface area (Å²) in [5, 5.41) is 3.88. The fourth-order valence-corrected chi connectivity index (χ4v) is 2.75. The fourth-order valence-electron chi connectivity index (χ4n) is 2.75. The van der Waals surface area contributed by atoms with Gasteiger partial charge in [0.15, 0.2) is 6.61 Å². The summed E-state index contributed by atoms with van der Waals surface area (Å²) in [6, 6.07) is 10.9.